The Balaban J connectivity index is 1.62. The number of carbonyl (C=O) groups excluding carboxylic acids is 1. The van der Waals surface area contributed by atoms with Crippen molar-refractivity contribution in [1.29, 1.82) is 0 Å². The van der Waals surface area contributed by atoms with Crippen molar-refractivity contribution in [3.63, 3.8) is 0 Å². The van der Waals surface area contributed by atoms with Crippen LogP contribution in [0.2, 0.25) is 0 Å². The van der Waals surface area contributed by atoms with Crippen LogP contribution >= 0.6 is 23.1 Å². The molecule has 31 heavy (non-hydrogen) atoms. The maximum Gasteiger partial charge on any atom is 0.284 e. The van der Waals surface area contributed by atoms with Crippen molar-refractivity contribution in [2.24, 2.45) is 7.05 Å². The van der Waals surface area contributed by atoms with Gasteiger partial charge in [-0.25, -0.2) is 0 Å². The van der Waals surface area contributed by atoms with Crippen molar-refractivity contribution in [2.45, 2.75) is 16.1 Å². The molecule has 1 amide bonds. The van der Waals surface area contributed by atoms with E-state index in [4.69, 9.17) is 0 Å². The largest absolute Gasteiger partial charge is 0.340 e. The number of nitro groups is 1. The minimum atomic E-state index is -0.497. The molecule has 1 unspecified atom stereocenters. The number of hydrogen-bond acceptors (Lipinski definition) is 7. The first-order chi connectivity index (χ1) is 15.0. The molecule has 0 radical (unpaired) electrons. The highest BCUT2D eigenvalue weighted by atomic mass is 32.2. The Morgan fingerprint density at radius 2 is 2.00 bits per heavy atom. The Morgan fingerprint density at radius 3 is 2.65 bits per heavy atom. The van der Waals surface area contributed by atoms with Crippen molar-refractivity contribution >= 4 is 34.7 Å². The lowest BCUT2D eigenvalue weighted by molar-refractivity contribution is -0.387. The van der Waals surface area contributed by atoms with Gasteiger partial charge in [0.25, 0.3) is 11.6 Å². The van der Waals surface area contributed by atoms with Crippen molar-refractivity contribution in [1.82, 2.24) is 20.1 Å². The van der Waals surface area contributed by atoms with E-state index in [2.05, 4.69) is 15.5 Å². The minimum Gasteiger partial charge on any atom is -0.340 e. The number of aryl methyl sites for hydroxylation is 1. The molecule has 8 nitrogen and oxygen atoms in total. The quantitative estimate of drug-likeness (QED) is 0.329. The third-order valence-corrected chi connectivity index (χ3v) is 6.58. The van der Waals surface area contributed by atoms with E-state index in [-0.39, 0.29) is 23.2 Å². The zero-order chi connectivity index (χ0) is 21.8. The number of amides is 1. The van der Waals surface area contributed by atoms with E-state index < -0.39 is 4.92 Å². The highest BCUT2D eigenvalue weighted by Gasteiger charge is 2.23. The smallest absolute Gasteiger partial charge is 0.284 e. The van der Waals surface area contributed by atoms with Crippen LogP contribution < -0.4 is 5.32 Å². The SMILES string of the molecule is Cn1cnnc1Sc1ccc(C(=O)NC(c2ccccc2)c2cccs2)cc1[N+](=O)[O-]. The summed E-state index contributed by atoms with van der Waals surface area (Å²) in [5.41, 5.74) is 0.988. The van der Waals surface area contributed by atoms with Gasteiger partial charge in [0.1, 0.15) is 6.33 Å². The Kier molecular flexibility index (Phi) is 6.10. The van der Waals surface area contributed by atoms with E-state index >= 15 is 0 Å². The highest BCUT2D eigenvalue weighted by molar-refractivity contribution is 7.99. The van der Waals surface area contributed by atoms with Crippen molar-refractivity contribution in [3.05, 3.63) is 98.5 Å². The topological polar surface area (TPSA) is 103 Å². The summed E-state index contributed by atoms with van der Waals surface area (Å²) < 4.78 is 1.67. The van der Waals surface area contributed by atoms with Crippen LogP contribution in [0.1, 0.15) is 26.8 Å². The molecule has 0 bridgehead atoms. The minimum absolute atomic E-state index is 0.159. The van der Waals surface area contributed by atoms with E-state index in [0.717, 1.165) is 22.2 Å². The van der Waals surface area contributed by atoms with Crippen LogP contribution in [0, 0.1) is 10.1 Å². The molecular formula is C21H17N5O3S2. The fourth-order valence-electron chi connectivity index (χ4n) is 2.99. The van der Waals surface area contributed by atoms with Crippen LogP contribution in [0.15, 0.2) is 82.4 Å². The van der Waals surface area contributed by atoms with Gasteiger partial charge >= 0.3 is 0 Å². The third-order valence-electron chi connectivity index (χ3n) is 4.52. The molecule has 2 heterocycles. The normalized spacial score (nSPS) is 11.8. The number of carbonyl (C=O) groups is 1. The first kappa shape index (κ1) is 20.8. The lowest BCUT2D eigenvalue weighted by Crippen LogP contribution is -2.28. The van der Waals surface area contributed by atoms with Gasteiger partial charge in [-0.3, -0.25) is 14.9 Å². The number of hydrogen-bond donors (Lipinski definition) is 1. The lowest BCUT2D eigenvalue weighted by Gasteiger charge is -2.18. The van der Waals surface area contributed by atoms with Gasteiger partial charge in [-0.05, 0) is 40.9 Å². The molecule has 0 saturated heterocycles. The summed E-state index contributed by atoms with van der Waals surface area (Å²) in [5.74, 6) is -0.388. The summed E-state index contributed by atoms with van der Waals surface area (Å²) in [5, 5.41) is 24.9. The van der Waals surface area contributed by atoms with Gasteiger partial charge in [-0.1, -0.05) is 36.4 Å². The molecule has 10 heteroatoms. The average molecular weight is 452 g/mol. The zero-order valence-electron chi connectivity index (χ0n) is 16.3. The molecule has 2 aromatic carbocycles. The van der Waals surface area contributed by atoms with Crippen LogP contribution in [0.5, 0.6) is 0 Å². The summed E-state index contributed by atoms with van der Waals surface area (Å²) in [6, 6.07) is 17.6. The van der Waals surface area contributed by atoms with Gasteiger partial charge in [0.15, 0.2) is 5.16 Å². The molecule has 0 saturated carbocycles. The molecule has 156 valence electrons. The second-order valence-electron chi connectivity index (χ2n) is 6.60. The maximum absolute atomic E-state index is 13.0. The van der Waals surface area contributed by atoms with E-state index in [9.17, 15) is 14.9 Å². The fourth-order valence-corrected chi connectivity index (χ4v) is 4.64. The number of nitro benzene ring substituents is 1. The standard InChI is InChI=1S/C21H17N5O3S2/c1-25-13-22-24-21(25)31-17-10-9-15(12-16(17)26(28)29)20(27)23-19(18-8-5-11-30-18)14-6-3-2-4-7-14/h2-13,19H,1H3,(H,23,27). The molecule has 0 fully saturated rings. The molecule has 2 aromatic heterocycles. The van der Waals surface area contributed by atoms with Crippen LogP contribution in [0.25, 0.3) is 0 Å². The first-order valence-corrected chi connectivity index (χ1v) is 10.9. The van der Waals surface area contributed by atoms with Crippen LogP contribution in [-0.4, -0.2) is 25.6 Å². The second-order valence-corrected chi connectivity index (χ2v) is 8.59. The molecular weight excluding hydrogens is 434 g/mol. The Labute approximate surface area is 186 Å². The van der Waals surface area contributed by atoms with Gasteiger partial charge in [-0.2, -0.15) is 0 Å². The van der Waals surface area contributed by atoms with Gasteiger partial charge in [0, 0.05) is 23.6 Å². The van der Waals surface area contributed by atoms with Gasteiger partial charge in [-0.15, -0.1) is 21.5 Å². The van der Waals surface area contributed by atoms with Crippen molar-refractivity contribution in [3.8, 4) is 0 Å². The van der Waals surface area contributed by atoms with Gasteiger partial charge in [0.2, 0.25) is 0 Å². The number of benzene rings is 2. The highest BCUT2D eigenvalue weighted by Crippen LogP contribution is 2.34. The summed E-state index contributed by atoms with van der Waals surface area (Å²) in [6.45, 7) is 0. The molecule has 0 aliphatic carbocycles. The molecule has 1 N–H and O–H groups in total. The molecule has 4 rings (SSSR count). The van der Waals surface area contributed by atoms with Crippen LogP contribution in [-0.2, 0) is 7.05 Å². The molecule has 4 aromatic rings. The zero-order valence-corrected chi connectivity index (χ0v) is 18.0. The van der Waals surface area contributed by atoms with Gasteiger partial charge < -0.3 is 9.88 Å². The summed E-state index contributed by atoms with van der Waals surface area (Å²) >= 11 is 2.66. The number of thiophene rings is 1. The summed E-state index contributed by atoms with van der Waals surface area (Å²) in [7, 11) is 1.75. The fraction of sp³-hybridized carbons (Fsp3) is 0.0952. The number of rotatable bonds is 7. The second kappa shape index (κ2) is 9.11. The summed E-state index contributed by atoms with van der Waals surface area (Å²) in [4.78, 5) is 25.5. The van der Waals surface area contributed by atoms with E-state index in [0.29, 0.717) is 10.1 Å². The van der Waals surface area contributed by atoms with E-state index in [1.54, 1.807) is 23.7 Å². The number of nitrogens with one attached hydrogen (secondary N) is 1. The molecule has 0 spiro atoms. The number of nitrogens with zero attached hydrogens (tertiary/aromatic N) is 4. The maximum atomic E-state index is 13.0. The van der Waals surface area contributed by atoms with Gasteiger partial charge in [0.05, 0.1) is 15.9 Å². The first-order valence-electron chi connectivity index (χ1n) is 9.22. The molecule has 0 aliphatic heterocycles. The molecule has 0 aliphatic rings. The summed E-state index contributed by atoms with van der Waals surface area (Å²) in [6.07, 6.45) is 1.52. The van der Waals surface area contributed by atoms with Crippen molar-refractivity contribution < 1.29 is 9.72 Å². The van der Waals surface area contributed by atoms with Crippen molar-refractivity contribution in [2.75, 3.05) is 0 Å². The van der Waals surface area contributed by atoms with E-state index in [1.165, 1.54) is 23.7 Å². The van der Waals surface area contributed by atoms with Crippen LogP contribution in [0.3, 0.4) is 0 Å². The van der Waals surface area contributed by atoms with Crippen LogP contribution in [0.4, 0.5) is 5.69 Å². The van der Waals surface area contributed by atoms with E-state index in [1.807, 2.05) is 47.8 Å². The molecule has 1 atom stereocenters. The number of aromatic nitrogens is 3. The third kappa shape index (κ3) is 4.65. The lowest BCUT2D eigenvalue weighted by atomic mass is 10.0. The average Bonchev–Trinajstić information content (AvgIpc) is 3.45. The Morgan fingerprint density at radius 1 is 1.19 bits per heavy atom. The Hall–Kier alpha value is -3.50. The predicted molar refractivity (Wildman–Crippen MR) is 118 cm³/mol. The predicted octanol–water partition coefficient (Wildman–Crippen LogP) is 4.46. The Bertz CT molecular complexity index is 1210. The monoisotopic (exact) mass is 451 g/mol.